The highest BCUT2D eigenvalue weighted by Gasteiger charge is 2.15. The summed E-state index contributed by atoms with van der Waals surface area (Å²) < 4.78 is 24.3. The molecule has 0 saturated heterocycles. The van der Waals surface area contributed by atoms with Crippen molar-refractivity contribution < 1.29 is 28.5 Å². The van der Waals surface area contributed by atoms with Crippen molar-refractivity contribution in [3.63, 3.8) is 0 Å². The van der Waals surface area contributed by atoms with Crippen molar-refractivity contribution >= 4 is 11.9 Å². The Hall–Kier alpha value is -1.44. The van der Waals surface area contributed by atoms with Crippen molar-refractivity contribution in [3.8, 4) is 0 Å². The summed E-state index contributed by atoms with van der Waals surface area (Å²) in [5.74, 6) is -0.102. The average Bonchev–Trinajstić information content (AvgIpc) is 3.27. The van der Waals surface area contributed by atoms with Gasteiger partial charge in [0.05, 0.1) is 0 Å². The van der Waals surface area contributed by atoms with Crippen LogP contribution in [0.1, 0.15) is 291 Å². The number of allylic oxidation sites excluding steroid dienone is 1. The summed E-state index contributed by atoms with van der Waals surface area (Å²) in [7, 11) is 4.11. The Morgan fingerprint density at radius 3 is 1.28 bits per heavy atom. The Bertz CT molecular complexity index is 965. The molecule has 0 aliphatic carbocycles. The molecule has 0 rings (SSSR count). The van der Waals surface area contributed by atoms with Crippen LogP contribution in [0.2, 0.25) is 0 Å². The van der Waals surface area contributed by atoms with Gasteiger partial charge in [-0.05, 0) is 111 Å². The summed E-state index contributed by atoms with van der Waals surface area (Å²) in [6.07, 6.45) is 52.6. The maximum Gasteiger partial charge on any atom is 0.306 e. The zero-order valence-corrected chi connectivity index (χ0v) is 43.9. The first-order valence-electron chi connectivity index (χ1n) is 28.3. The molecule has 0 aromatic rings. The lowest BCUT2D eigenvalue weighted by molar-refractivity contribution is -0.150. The number of ether oxygens (including phenoxy) is 4. The Morgan fingerprint density at radius 1 is 0.438 bits per heavy atom. The lowest BCUT2D eigenvalue weighted by Crippen LogP contribution is -2.20. The van der Waals surface area contributed by atoms with E-state index in [1.807, 2.05) is 13.0 Å². The van der Waals surface area contributed by atoms with Gasteiger partial charge in [-0.3, -0.25) is 9.59 Å². The molecule has 0 radical (unpaired) electrons. The van der Waals surface area contributed by atoms with Crippen LogP contribution < -0.4 is 0 Å². The third-order valence-electron chi connectivity index (χ3n) is 12.7. The molecule has 0 aromatic heterocycles. The predicted molar refractivity (Wildman–Crippen MR) is 275 cm³/mol. The molecule has 0 saturated carbocycles. The van der Waals surface area contributed by atoms with E-state index in [0.717, 1.165) is 96.8 Å². The van der Waals surface area contributed by atoms with Crippen LogP contribution in [0.5, 0.6) is 0 Å². The van der Waals surface area contributed by atoms with Crippen molar-refractivity contribution in [2.75, 3.05) is 33.9 Å². The second-order valence-electron chi connectivity index (χ2n) is 19.7. The van der Waals surface area contributed by atoms with Crippen LogP contribution in [0, 0.1) is 0 Å². The van der Waals surface area contributed by atoms with Crippen LogP contribution in [-0.4, -0.2) is 69.2 Å². The van der Waals surface area contributed by atoms with Crippen LogP contribution in [0.25, 0.3) is 0 Å². The maximum atomic E-state index is 12.7. The number of carbonyl (C=O) groups is 2. The molecule has 2 unspecified atom stereocenters. The summed E-state index contributed by atoms with van der Waals surface area (Å²) in [6, 6.07) is 0. The second-order valence-corrected chi connectivity index (χ2v) is 19.7. The second kappa shape index (κ2) is 51.0. The largest absolute Gasteiger partial charge is 0.462 e. The first kappa shape index (κ1) is 62.6. The number of unbranched alkanes of at least 4 members (excludes halogenated alkanes) is 30. The number of hydrogen-bond donors (Lipinski definition) is 0. The topological polar surface area (TPSA) is 74.3 Å². The number of carbonyl (C=O) groups excluding carboxylic acids is 2. The molecule has 0 aromatic carbocycles. The Kier molecular flexibility index (Phi) is 49.8. The molecule has 0 aliphatic heterocycles. The van der Waals surface area contributed by atoms with E-state index in [0.29, 0.717) is 12.8 Å². The SMILES string of the molecule is CCCCCCC=CC(C)OC(=O)CCCCCCCCCC(CCCCCCCCCC(OCCCCCCCCCC)OCCCCCCCCCC)OC(=O)CCCN(C)C. The van der Waals surface area contributed by atoms with E-state index in [4.69, 9.17) is 18.9 Å². The fraction of sp³-hybridized carbons (Fsp3) is 0.930. The number of nitrogens with zero attached hydrogens (tertiary/aromatic N) is 1. The highest BCUT2D eigenvalue weighted by Crippen LogP contribution is 2.20. The van der Waals surface area contributed by atoms with E-state index < -0.39 is 0 Å². The fourth-order valence-corrected chi connectivity index (χ4v) is 8.54. The van der Waals surface area contributed by atoms with E-state index in [-0.39, 0.29) is 30.4 Å². The Labute approximate surface area is 399 Å². The molecular formula is C57H111NO6. The molecule has 0 N–H and O–H groups in total. The van der Waals surface area contributed by atoms with Gasteiger partial charge < -0.3 is 23.8 Å². The maximum absolute atomic E-state index is 12.7. The van der Waals surface area contributed by atoms with Crippen LogP contribution in [0.4, 0.5) is 0 Å². The lowest BCUT2D eigenvalue weighted by Gasteiger charge is -2.19. The Morgan fingerprint density at radius 2 is 0.812 bits per heavy atom. The highest BCUT2D eigenvalue weighted by molar-refractivity contribution is 5.69. The minimum absolute atomic E-state index is 0.0277. The summed E-state index contributed by atoms with van der Waals surface area (Å²) in [4.78, 5) is 27.1. The van der Waals surface area contributed by atoms with Crippen LogP contribution in [0.3, 0.4) is 0 Å². The average molecular weight is 907 g/mol. The van der Waals surface area contributed by atoms with Crippen LogP contribution >= 0.6 is 0 Å². The van der Waals surface area contributed by atoms with E-state index in [9.17, 15) is 9.59 Å². The third-order valence-corrected chi connectivity index (χ3v) is 12.7. The van der Waals surface area contributed by atoms with E-state index >= 15 is 0 Å². The molecule has 0 spiro atoms. The lowest BCUT2D eigenvalue weighted by atomic mass is 10.0. The van der Waals surface area contributed by atoms with Crippen molar-refractivity contribution in [1.82, 2.24) is 4.90 Å². The molecule has 0 amide bonds. The van der Waals surface area contributed by atoms with Gasteiger partial charge in [0.25, 0.3) is 0 Å². The zero-order valence-electron chi connectivity index (χ0n) is 43.9. The molecule has 7 heteroatoms. The fourth-order valence-electron chi connectivity index (χ4n) is 8.54. The highest BCUT2D eigenvalue weighted by atomic mass is 16.7. The van der Waals surface area contributed by atoms with Crippen LogP contribution in [-0.2, 0) is 28.5 Å². The van der Waals surface area contributed by atoms with Gasteiger partial charge in [-0.25, -0.2) is 0 Å². The molecule has 7 nitrogen and oxygen atoms in total. The third kappa shape index (κ3) is 48.5. The van der Waals surface area contributed by atoms with Gasteiger partial charge in [-0.2, -0.15) is 0 Å². The smallest absolute Gasteiger partial charge is 0.306 e. The number of hydrogen-bond acceptors (Lipinski definition) is 7. The Balaban J connectivity index is 4.40. The van der Waals surface area contributed by atoms with Crippen molar-refractivity contribution in [2.24, 2.45) is 0 Å². The monoisotopic (exact) mass is 906 g/mol. The molecular weight excluding hydrogens is 795 g/mol. The molecule has 2 atom stereocenters. The molecule has 0 fully saturated rings. The van der Waals surface area contributed by atoms with Crippen molar-refractivity contribution in [1.29, 1.82) is 0 Å². The van der Waals surface area contributed by atoms with Gasteiger partial charge in [0.2, 0.25) is 0 Å². The summed E-state index contributed by atoms with van der Waals surface area (Å²) in [5.41, 5.74) is 0. The van der Waals surface area contributed by atoms with Gasteiger partial charge in [0, 0.05) is 26.1 Å². The number of esters is 2. The van der Waals surface area contributed by atoms with Gasteiger partial charge in [0.15, 0.2) is 6.29 Å². The number of rotatable bonds is 52. The molecule has 380 valence electrons. The van der Waals surface area contributed by atoms with Crippen molar-refractivity contribution in [2.45, 2.75) is 309 Å². The molecule has 64 heavy (non-hydrogen) atoms. The van der Waals surface area contributed by atoms with E-state index in [1.54, 1.807) is 0 Å². The standard InChI is InChI=1S/C57H111NO6/c1-7-10-13-16-19-27-34-41-51-61-57(62-52-42-35-28-20-17-14-11-8-2)49-40-33-26-22-24-31-38-46-54(64-56(60)48-43-50-58(5)6)45-37-30-23-21-25-32-39-47-55(59)63-53(4)44-36-29-18-15-12-9-3/h36,44,53-54,57H,7-35,37-43,45-52H2,1-6H3. The van der Waals surface area contributed by atoms with Gasteiger partial charge in [-0.15, -0.1) is 0 Å². The normalized spacial score (nSPS) is 12.8. The van der Waals surface area contributed by atoms with Crippen molar-refractivity contribution in [3.05, 3.63) is 12.2 Å². The first-order valence-corrected chi connectivity index (χ1v) is 28.3. The summed E-state index contributed by atoms with van der Waals surface area (Å²) >= 11 is 0. The van der Waals surface area contributed by atoms with E-state index in [2.05, 4.69) is 45.8 Å². The predicted octanol–water partition coefficient (Wildman–Crippen LogP) is 17.4. The molecule has 0 heterocycles. The summed E-state index contributed by atoms with van der Waals surface area (Å²) in [5, 5.41) is 0. The molecule has 0 aliphatic rings. The zero-order chi connectivity index (χ0) is 46.8. The quantitative estimate of drug-likeness (QED) is 0.0260. The first-order chi connectivity index (χ1) is 31.3. The van der Waals surface area contributed by atoms with Gasteiger partial charge in [0.1, 0.15) is 12.2 Å². The summed E-state index contributed by atoms with van der Waals surface area (Å²) in [6.45, 7) is 11.3. The van der Waals surface area contributed by atoms with Gasteiger partial charge >= 0.3 is 11.9 Å². The minimum atomic E-state index is -0.136. The van der Waals surface area contributed by atoms with Crippen LogP contribution in [0.15, 0.2) is 12.2 Å². The van der Waals surface area contributed by atoms with Gasteiger partial charge in [-0.1, -0.05) is 200 Å². The molecule has 0 bridgehead atoms. The van der Waals surface area contributed by atoms with E-state index in [1.165, 1.54) is 173 Å². The minimum Gasteiger partial charge on any atom is -0.462 e.